The number of aromatic nitrogens is 1. The third-order valence-corrected chi connectivity index (χ3v) is 4.63. The Morgan fingerprint density at radius 2 is 1.44 bits per heavy atom. The average Bonchev–Trinajstić information content (AvgIpc) is 3.26. The number of carbonyl (C=O) groups excluding carboxylic acids is 2. The molecule has 3 rings (SSSR count). The van der Waals surface area contributed by atoms with Crippen LogP contribution in [0.2, 0.25) is 0 Å². The molecule has 2 heterocycles. The smallest absolute Gasteiger partial charge is 0.261 e. The number of benzene rings is 1. The highest BCUT2D eigenvalue weighted by molar-refractivity contribution is 6.00. The van der Waals surface area contributed by atoms with Gasteiger partial charge in [0.15, 0.2) is 0 Å². The summed E-state index contributed by atoms with van der Waals surface area (Å²) in [6.45, 7) is 1.81. The Kier molecular flexibility index (Phi) is 5.54. The highest BCUT2D eigenvalue weighted by atomic mass is 16.5. The Bertz CT molecular complexity index is 786. The van der Waals surface area contributed by atoms with Crippen LogP contribution in [0.15, 0.2) is 30.6 Å². The molecule has 1 aromatic carbocycles. The van der Waals surface area contributed by atoms with Gasteiger partial charge >= 0.3 is 0 Å². The van der Waals surface area contributed by atoms with Crippen molar-refractivity contribution in [1.82, 2.24) is 14.8 Å². The second kappa shape index (κ2) is 8.03. The van der Waals surface area contributed by atoms with E-state index < -0.39 is 0 Å². The number of piperazine rings is 1. The van der Waals surface area contributed by atoms with Crippen molar-refractivity contribution in [2.45, 2.75) is 0 Å². The molecule has 27 heavy (non-hydrogen) atoms. The third kappa shape index (κ3) is 3.69. The van der Waals surface area contributed by atoms with Crippen LogP contribution in [0.3, 0.4) is 0 Å². The predicted octanol–water partition coefficient (Wildman–Crippen LogP) is 1.64. The van der Waals surface area contributed by atoms with E-state index in [-0.39, 0.29) is 11.8 Å². The van der Waals surface area contributed by atoms with E-state index in [0.29, 0.717) is 54.6 Å². The number of carbonyl (C=O) groups is 2. The highest BCUT2D eigenvalue weighted by Gasteiger charge is 2.29. The lowest BCUT2D eigenvalue weighted by atomic mass is 10.1. The minimum Gasteiger partial charge on any atom is -0.496 e. The van der Waals surface area contributed by atoms with Crippen LogP contribution >= 0.6 is 0 Å². The molecule has 2 amide bonds. The number of amides is 2. The Hall–Kier alpha value is -3.16. The molecule has 144 valence electrons. The largest absolute Gasteiger partial charge is 0.496 e. The number of nitrogens with zero attached hydrogens (tertiary/aromatic N) is 2. The van der Waals surface area contributed by atoms with Crippen LogP contribution < -0.4 is 14.2 Å². The maximum absolute atomic E-state index is 13.1. The molecule has 1 aromatic heterocycles. The minimum absolute atomic E-state index is 0.0389. The maximum atomic E-state index is 13.1. The average molecular weight is 373 g/mol. The first-order valence-electron chi connectivity index (χ1n) is 8.60. The van der Waals surface area contributed by atoms with Gasteiger partial charge in [-0.25, -0.2) is 0 Å². The molecule has 8 heteroatoms. The summed E-state index contributed by atoms with van der Waals surface area (Å²) in [6, 6.07) is 5.05. The van der Waals surface area contributed by atoms with Crippen LogP contribution in [-0.2, 0) is 0 Å². The summed E-state index contributed by atoms with van der Waals surface area (Å²) >= 11 is 0. The number of hydrogen-bond donors (Lipinski definition) is 1. The van der Waals surface area contributed by atoms with Gasteiger partial charge in [-0.15, -0.1) is 0 Å². The summed E-state index contributed by atoms with van der Waals surface area (Å²) in [4.78, 5) is 31.8. The lowest BCUT2D eigenvalue weighted by Crippen LogP contribution is -2.50. The standard InChI is InChI=1S/C19H23N3O5/c1-25-14-10-15(26-2)17(16(11-14)27-3)19(24)22-8-6-21(7-9-22)18(23)13-4-5-20-12-13/h4-5,10-12,20H,6-9H2,1-3H3. The molecule has 0 spiro atoms. The van der Waals surface area contributed by atoms with Crippen LogP contribution in [0.4, 0.5) is 0 Å². The van der Waals surface area contributed by atoms with Gasteiger partial charge < -0.3 is 29.0 Å². The summed E-state index contributed by atoms with van der Waals surface area (Å²) < 4.78 is 16.0. The molecule has 0 bridgehead atoms. The van der Waals surface area contributed by atoms with E-state index in [1.54, 1.807) is 40.4 Å². The van der Waals surface area contributed by atoms with Crippen molar-refractivity contribution >= 4 is 11.8 Å². The summed E-state index contributed by atoms with van der Waals surface area (Å²) in [6.07, 6.45) is 3.39. The predicted molar refractivity (Wildman–Crippen MR) is 98.7 cm³/mol. The number of H-pyrrole nitrogens is 1. The monoisotopic (exact) mass is 373 g/mol. The third-order valence-electron chi connectivity index (χ3n) is 4.63. The van der Waals surface area contributed by atoms with E-state index in [0.717, 1.165) is 0 Å². The van der Waals surface area contributed by atoms with Crippen LogP contribution in [0.5, 0.6) is 17.2 Å². The number of rotatable bonds is 5. The molecule has 1 N–H and O–H groups in total. The van der Waals surface area contributed by atoms with Gasteiger partial charge in [0.2, 0.25) is 0 Å². The van der Waals surface area contributed by atoms with Gasteiger partial charge in [0.05, 0.1) is 26.9 Å². The molecular formula is C19H23N3O5. The van der Waals surface area contributed by atoms with Crippen LogP contribution in [0.25, 0.3) is 0 Å². The SMILES string of the molecule is COc1cc(OC)c(C(=O)N2CCN(C(=O)c3cc[nH]c3)CC2)c(OC)c1. The fourth-order valence-corrected chi connectivity index (χ4v) is 3.13. The van der Waals surface area contributed by atoms with Gasteiger partial charge in [0.25, 0.3) is 11.8 Å². The fourth-order valence-electron chi connectivity index (χ4n) is 3.13. The summed E-state index contributed by atoms with van der Waals surface area (Å²) in [7, 11) is 4.54. The zero-order valence-electron chi connectivity index (χ0n) is 15.7. The van der Waals surface area contributed by atoms with Crippen molar-refractivity contribution in [1.29, 1.82) is 0 Å². The quantitative estimate of drug-likeness (QED) is 0.861. The number of methoxy groups -OCH3 is 3. The minimum atomic E-state index is -0.194. The van der Waals surface area contributed by atoms with E-state index in [1.165, 1.54) is 21.3 Å². The zero-order valence-corrected chi connectivity index (χ0v) is 15.7. The first-order valence-corrected chi connectivity index (χ1v) is 8.60. The normalized spacial score (nSPS) is 14.0. The number of nitrogens with one attached hydrogen (secondary N) is 1. The van der Waals surface area contributed by atoms with E-state index in [4.69, 9.17) is 14.2 Å². The lowest BCUT2D eigenvalue weighted by Gasteiger charge is -2.35. The van der Waals surface area contributed by atoms with E-state index in [1.807, 2.05) is 0 Å². The molecule has 0 atom stereocenters. The Balaban J connectivity index is 1.75. The van der Waals surface area contributed by atoms with Crippen molar-refractivity contribution in [3.63, 3.8) is 0 Å². The van der Waals surface area contributed by atoms with Crippen molar-refractivity contribution in [3.05, 3.63) is 41.7 Å². The van der Waals surface area contributed by atoms with Gasteiger partial charge in [-0.2, -0.15) is 0 Å². The molecule has 1 aliphatic rings. The summed E-state index contributed by atoms with van der Waals surface area (Å²) in [5.74, 6) is 1.09. The maximum Gasteiger partial charge on any atom is 0.261 e. The van der Waals surface area contributed by atoms with Gasteiger partial charge in [-0.3, -0.25) is 9.59 Å². The number of aromatic amines is 1. The molecular weight excluding hydrogens is 350 g/mol. The second-order valence-electron chi connectivity index (χ2n) is 6.09. The summed E-state index contributed by atoms with van der Waals surface area (Å²) in [5.41, 5.74) is 0.972. The molecule has 1 saturated heterocycles. The summed E-state index contributed by atoms with van der Waals surface area (Å²) in [5, 5.41) is 0. The second-order valence-corrected chi connectivity index (χ2v) is 6.09. The van der Waals surface area contributed by atoms with E-state index in [2.05, 4.69) is 4.98 Å². The van der Waals surface area contributed by atoms with Gasteiger partial charge in [-0.1, -0.05) is 0 Å². The van der Waals surface area contributed by atoms with Crippen molar-refractivity contribution < 1.29 is 23.8 Å². The fraction of sp³-hybridized carbons (Fsp3) is 0.368. The van der Waals surface area contributed by atoms with E-state index >= 15 is 0 Å². The van der Waals surface area contributed by atoms with Crippen LogP contribution in [-0.4, -0.2) is 74.1 Å². The van der Waals surface area contributed by atoms with E-state index in [9.17, 15) is 9.59 Å². The first-order chi connectivity index (χ1) is 13.1. The van der Waals surface area contributed by atoms with Gasteiger partial charge in [-0.05, 0) is 6.07 Å². The van der Waals surface area contributed by atoms with Gasteiger partial charge in [0.1, 0.15) is 22.8 Å². The van der Waals surface area contributed by atoms with Crippen molar-refractivity contribution in [2.24, 2.45) is 0 Å². The molecule has 0 saturated carbocycles. The molecule has 0 unspecified atom stereocenters. The Labute approximate surface area is 157 Å². The molecule has 8 nitrogen and oxygen atoms in total. The molecule has 0 radical (unpaired) electrons. The first kappa shape index (κ1) is 18.6. The van der Waals surface area contributed by atoms with Crippen LogP contribution in [0.1, 0.15) is 20.7 Å². The van der Waals surface area contributed by atoms with Gasteiger partial charge in [0, 0.05) is 50.7 Å². The highest BCUT2D eigenvalue weighted by Crippen LogP contribution is 2.35. The van der Waals surface area contributed by atoms with Crippen LogP contribution in [0, 0.1) is 0 Å². The van der Waals surface area contributed by atoms with Crippen molar-refractivity contribution in [3.8, 4) is 17.2 Å². The lowest BCUT2D eigenvalue weighted by molar-refractivity contribution is 0.0531. The molecule has 1 aliphatic heterocycles. The number of ether oxygens (including phenoxy) is 3. The topological polar surface area (TPSA) is 84.1 Å². The Morgan fingerprint density at radius 3 is 1.89 bits per heavy atom. The Morgan fingerprint density at radius 1 is 0.889 bits per heavy atom. The molecule has 1 fully saturated rings. The number of hydrogen-bond acceptors (Lipinski definition) is 5. The molecule has 2 aromatic rings. The van der Waals surface area contributed by atoms with Crippen molar-refractivity contribution in [2.75, 3.05) is 47.5 Å². The zero-order chi connectivity index (χ0) is 19.4. The molecule has 0 aliphatic carbocycles.